The predicted molar refractivity (Wildman–Crippen MR) is 94.6 cm³/mol. The van der Waals surface area contributed by atoms with E-state index in [1.807, 2.05) is 0 Å². The van der Waals surface area contributed by atoms with Gasteiger partial charge in [-0.1, -0.05) is 25.1 Å². The molecule has 0 saturated heterocycles. The number of hydrogen-bond acceptors (Lipinski definition) is 2. The summed E-state index contributed by atoms with van der Waals surface area (Å²) in [5, 5.41) is 1.45. The van der Waals surface area contributed by atoms with Crippen molar-refractivity contribution in [3.63, 3.8) is 0 Å². The first kappa shape index (κ1) is 15.2. The maximum atomic E-state index is 6.48. The fourth-order valence-electron chi connectivity index (χ4n) is 4.74. The molecule has 1 aromatic heterocycles. The maximum absolute atomic E-state index is 6.48. The number of ether oxygens (including phenoxy) is 1. The van der Waals surface area contributed by atoms with Crippen molar-refractivity contribution in [3.8, 4) is 0 Å². The maximum Gasteiger partial charge on any atom is 0.108 e. The topological polar surface area (TPSA) is 40.2 Å². The summed E-state index contributed by atoms with van der Waals surface area (Å²) >= 11 is 0. The minimum absolute atomic E-state index is 0.0479. The average Bonchev–Trinajstić information content (AvgIpc) is 2.91. The second-order valence-corrected chi connectivity index (χ2v) is 7.41. The first-order valence-electron chi connectivity index (χ1n) is 9.20. The number of para-hydroxylation sites is 1. The molecular formula is C20H28N2O. The van der Waals surface area contributed by atoms with Crippen molar-refractivity contribution in [3.05, 3.63) is 35.5 Å². The van der Waals surface area contributed by atoms with Crippen LogP contribution in [-0.2, 0) is 23.3 Å². The van der Waals surface area contributed by atoms with Gasteiger partial charge in [0.1, 0.15) is 5.60 Å². The van der Waals surface area contributed by atoms with Crippen LogP contribution in [0.1, 0.15) is 50.3 Å². The Hall–Kier alpha value is -1.32. The van der Waals surface area contributed by atoms with Gasteiger partial charge in [0.15, 0.2) is 0 Å². The summed E-state index contributed by atoms with van der Waals surface area (Å²) < 4.78 is 9.04. The number of hydrogen-bond donors (Lipinski definition) is 1. The third-order valence-electron chi connectivity index (χ3n) is 5.90. The van der Waals surface area contributed by atoms with Crippen LogP contribution in [0, 0.1) is 5.92 Å². The molecule has 2 aliphatic rings. The van der Waals surface area contributed by atoms with Crippen LogP contribution in [0.25, 0.3) is 10.9 Å². The van der Waals surface area contributed by atoms with E-state index in [-0.39, 0.29) is 5.60 Å². The molecule has 3 heterocycles. The van der Waals surface area contributed by atoms with E-state index in [4.69, 9.17) is 10.5 Å². The Morgan fingerprint density at radius 2 is 2.17 bits per heavy atom. The van der Waals surface area contributed by atoms with Crippen molar-refractivity contribution in [1.29, 1.82) is 0 Å². The van der Waals surface area contributed by atoms with Gasteiger partial charge in [0, 0.05) is 17.4 Å². The molecule has 0 fully saturated rings. The number of fused-ring (bicyclic) bond motifs is 3. The van der Waals surface area contributed by atoms with Crippen LogP contribution in [0.4, 0.5) is 0 Å². The molecule has 2 aromatic rings. The van der Waals surface area contributed by atoms with Crippen LogP contribution >= 0.6 is 0 Å². The molecule has 2 N–H and O–H groups in total. The molecule has 2 aliphatic heterocycles. The summed E-state index contributed by atoms with van der Waals surface area (Å²) in [7, 11) is 0. The number of nitrogens with two attached hydrogens (primary N) is 1. The molecule has 0 aliphatic carbocycles. The molecule has 0 bridgehead atoms. The Morgan fingerprint density at radius 1 is 1.30 bits per heavy atom. The molecule has 23 heavy (non-hydrogen) atoms. The largest absolute Gasteiger partial charge is 0.368 e. The van der Waals surface area contributed by atoms with Gasteiger partial charge in [0.05, 0.1) is 12.3 Å². The third kappa shape index (κ3) is 2.41. The molecule has 124 valence electrons. The SMILES string of the molecule is CC(CCN)CCC12CCCn3c1c(c1ccccc13)CCO2. The highest BCUT2D eigenvalue weighted by Gasteiger charge is 2.43. The minimum atomic E-state index is -0.0479. The van der Waals surface area contributed by atoms with E-state index in [0.717, 1.165) is 39.0 Å². The van der Waals surface area contributed by atoms with Gasteiger partial charge in [-0.05, 0) is 62.6 Å². The summed E-state index contributed by atoms with van der Waals surface area (Å²) in [6.45, 7) is 5.12. The molecule has 3 heteroatoms. The number of benzene rings is 1. The predicted octanol–water partition coefficient (Wildman–Crippen LogP) is 3.97. The van der Waals surface area contributed by atoms with E-state index in [9.17, 15) is 0 Å². The number of rotatable bonds is 5. The summed E-state index contributed by atoms with van der Waals surface area (Å²) in [5.41, 5.74) is 10.1. The van der Waals surface area contributed by atoms with Gasteiger partial charge >= 0.3 is 0 Å². The molecule has 0 radical (unpaired) electrons. The normalized spacial score (nSPS) is 24.6. The lowest BCUT2D eigenvalue weighted by Gasteiger charge is -2.42. The van der Waals surface area contributed by atoms with Crippen molar-refractivity contribution in [1.82, 2.24) is 4.57 Å². The van der Waals surface area contributed by atoms with Gasteiger partial charge in [-0.15, -0.1) is 0 Å². The van der Waals surface area contributed by atoms with E-state index < -0.39 is 0 Å². The molecule has 2 atom stereocenters. The minimum Gasteiger partial charge on any atom is -0.368 e. The van der Waals surface area contributed by atoms with Crippen LogP contribution in [0.3, 0.4) is 0 Å². The van der Waals surface area contributed by atoms with E-state index in [2.05, 4.69) is 35.8 Å². The Labute approximate surface area is 138 Å². The van der Waals surface area contributed by atoms with E-state index >= 15 is 0 Å². The Morgan fingerprint density at radius 3 is 3.04 bits per heavy atom. The van der Waals surface area contributed by atoms with Crippen molar-refractivity contribution in [2.75, 3.05) is 13.2 Å². The van der Waals surface area contributed by atoms with Crippen molar-refractivity contribution in [2.24, 2.45) is 11.7 Å². The Bertz CT molecular complexity index is 656. The quantitative estimate of drug-likeness (QED) is 0.907. The standard InChI is InChI=1S/C20H28N2O/c1-15(8-12-21)7-11-20-10-4-13-22-18-6-3-2-5-16(18)17(19(20)22)9-14-23-20/h2-3,5-6,15H,4,7-14,21H2,1H3. The zero-order valence-corrected chi connectivity index (χ0v) is 14.2. The van der Waals surface area contributed by atoms with Gasteiger partial charge in [0.25, 0.3) is 0 Å². The summed E-state index contributed by atoms with van der Waals surface area (Å²) in [4.78, 5) is 0. The molecule has 0 amide bonds. The number of nitrogens with zero attached hydrogens (tertiary/aromatic N) is 1. The first-order valence-corrected chi connectivity index (χ1v) is 9.20. The van der Waals surface area contributed by atoms with Gasteiger partial charge in [-0.2, -0.15) is 0 Å². The highest BCUT2D eigenvalue weighted by molar-refractivity contribution is 5.86. The number of aromatic nitrogens is 1. The molecular weight excluding hydrogens is 284 g/mol. The molecule has 0 saturated carbocycles. The fraction of sp³-hybridized carbons (Fsp3) is 0.600. The Kier molecular flexibility index (Phi) is 3.94. The van der Waals surface area contributed by atoms with Crippen molar-refractivity contribution >= 4 is 10.9 Å². The number of aryl methyl sites for hydroxylation is 1. The second-order valence-electron chi connectivity index (χ2n) is 7.41. The molecule has 4 rings (SSSR count). The van der Waals surface area contributed by atoms with Crippen molar-refractivity contribution < 1.29 is 4.74 Å². The van der Waals surface area contributed by atoms with E-state index in [1.54, 1.807) is 5.56 Å². The first-order chi connectivity index (χ1) is 11.2. The Balaban J connectivity index is 1.76. The average molecular weight is 312 g/mol. The van der Waals surface area contributed by atoms with Crippen molar-refractivity contribution in [2.45, 2.75) is 57.6 Å². The monoisotopic (exact) mass is 312 g/mol. The smallest absolute Gasteiger partial charge is 0.108 e. The third-order valence-corrected chi connectivity index (χ3v) is 5.90. The zero-order valence-electron chi connectivity index (χ0n) is 14.2. The molecule has 0 spiro atoms. The highest BCUT2D eigenvalue weighted by atomic mass is 16.5. The zero-order chi connectivity index (χ0) is 15.9. The molecule has 3 nitrogen and oxygen atoms in total. The second kappa shape index (κ2) is 5.95. The van der Waals surface area contributed by atoms with Gasteiger partial charge < -0.3 is 15.0 Å². The van der Waals surface area contributed by atoms with Crippen LogP contribution in [0.15, 0.2) is 24.3 Å². The van der Waals surface area contributed by atoms with Crippen LogP contribution < -0.4 is 5.73 Å². The lowest BCUT2D eigenvalue weighted by molar-refractivity contribution is -0.0896. The van der Waals surface area contributed by atoms with Crippen LogP contribution in [0.5, 0.6) is 0 Å². The fourth-order valence-corrected chi connectivity index (χ4v) is 4.74. The van der Waals surface area contributed by atoms with E-state index in [1.165, 1.54) is 35.9 Å². The molecule has 1 aromatic carbocycles. The van der Waals surface area contributed by atoms with Crippen LogP contribution in [-0.4, -0.2) is 17.7 Å². The summed E-state index contributed by atoms with van der Waals surface area (Å²) in [5.74, 6) is 0.683. The summed E-state index contributed by atoms with van der Waals surface area (Å²) in [6.07, 6.45) is 6.91. The van der Waals surface area contributed by atoms with Gasteiger partial charge in [-0.3, -0.25) is 0 Å². The lowest BCUT2D eigenvalue weighted by Crippen LogP contribution is -2.40. The highest BCUT2D eigenvalue weighted by Crippen LogP contribution is 2.47. The van der Waals surface area contributed by atoms with Crippen LogP contribution in [0.2, 0.25) is 0 Å². The van der Waals surface area contributed by atoms with Gasteiger partial charge in [-0.25, -0.2) is 0 Å². The lowest BCUT2D eigenvalue weighted by atomic mass is 9.80. The molecule has 2 unspecified atom stereocenters. The van der Waals surface area contributed by atoms with Gasteiger partial charge in [0.2, 0.25) is 0 Å². The van der Waals surface area contributed by atoms with E-state index in [0.29, 0.717) is 5.92 Å². The summed E-state index contributed by atoms with van der Waals surface area (Å²) in [6, 6.07) is 8.91.